The number of hydrogen-bond donors (Lipinski definition) is 1. The predicted octanol–water partition coefficient (Wildman–Crippen LogP) is 4.57. The Balaban J connectivity index is 4.47. The summed E-state index contributed by atoms with van der Waals surface area (Å²) in [5.41, 5.74) is 0. The van der Waals surface area contributed by atoms with Gasteiger partial charge in [-0.2, -0.15) is 0 Å². The third-order valence-electron chi connectivity index (χ3n) is 3.91. The molecule has 1 N–H and O–H groups in total. The fourth-order valence-corrected chi connectivity index (χ4v) is 3.50. The summed E-state index contributed by atoms with van der Waals surface area (Å²) in [5.74, 6) is 3.96. The van der Waals surface area contributed by atoms with E-state index in [1.54, 1.807) is 0 Å². The molecule has 2 atom stereocenters. The molecule has 0 aromatic heterocycles. The highest BCUT2D eigenvalue weighted by Gasteiger charge is 2.27. The van der Waals surface area contributed by atoms with Crippen LogP contribution in [0.2, 0.25) is 0 Å². The Morgan fingerprint density at radius 3 is 1.53 bits per heavy atom. The topological polar surface area (TPSA) is 12.0 Å². The molecule has 104 valence electrons. The molecule has 0 saturated heterocycles. The molecule has 0 aromatic rings. The summed E-state index contributed by atoms with van der Waals surface area (Å²) >= 11 is 0. The van der Waals surface area contributed by atoms with Gasteiger partial charge in [-0.05, 0) is 49.5 Å². The van der Waals surface area contributed by atoms with Crippen LogP contribution in [0, 0.1) is 29.6 Å². The monoisotopic (exact) mass is 241 g/mol. The molecule has 0 heterocycles. The molecule has 0 fully saturated rings. The van der Waals surface area contributed by atoms with Crippen molar-refractivity contribution < 1.29 is 0 Å². The fourth-order valence-electron chi connectivity index (χ4n) is 3.50. The summed E-state index contributed by atoms with van der Waals surface area (Å²) in [7, 11) is 2.13. The van der Waals surface area contributed by atoms with E-state index < -0.39 is 0 Å². The van der Waals surface area contributed by atoms with Crippen LogP contribution < -0.4 is 5.32 Å². The van der Waals surface area contributed by atoms with Gasteiger partial charge in [0.2, 0.25) is 0 Å². The highest BCUT2D eigenvalue weighted by molar-refractivity contribution is 4.81. The number of nitrogens with one attached hydrogen (secondary N) is 1. The van der Waals surface area contributed by atoms with E-state index in [4.69, 9.17) is 0 Å². The molecule has 1 heteroatoms. The van der Waals surface area contributed by atoms with Crippen molar-refractivity contribution in [3.8, 4) is 0 Å². The van der Waals surface area contributed by atoms with Gasteiger partial charge in [0.05, 0.1) is 0 Å². The second-order valence-corrected chi connectivity index (χ2v) is 6.93. The highest BCUT2D eigenvalue weighted by atomic mass is 14.9. The standard InChI is InChI=1S/C16H35N/c1-11(2)9-14(7)10-15(17-8)16(12(3)4)13(5)6/h11-17H,9-10H2,1-8H3. The van der Waals surface area contributed by atoms with Gasteiger partial charge in [0.25, 0.3) is 0 Å². The average Bonchev–Trinajstić information content (AvgIpc) is 2.13. The van der Waals surface area contributed by atoms with Gasteiger partial charge >= 0.3 is 0 Å². The zero-order chi connectivity index (χ0) is 13.6. The van der Waals surface area contributed by atoms with Crippen LogP contribution in [-0.2, 0) is 0 Å². The second kappa shape index (κ2) is 8.13. The van der Waals surface area contributed by atoms with Crippen LogP contribution in [0.15, 0.2) is 0 Å². The van der Waals surface area contributed by atoms with Gasteiger partial charge in [-0.15, -0.1) is 0 Å². The molecule has 0 rings (SSSR count). The molecule has 0 radical (unpaired) electrons. The molecule has 2 unspecified atom stereocenters. The van der Waals surface area contributed by atoms with Gasteiger partial charge in [0.1, 0.15) is 0 Å². The first-order valence-corrected chi connectivity index (χ1v) is 7.46. The Hall–Kier alpha value is -0.0400. The van der Waals surface area contributed by atoms with Crippen LogP contribution in [0.3, 0.4) is 0 Å². The number of rotatable bonds is 8. The van der Waals surface area contributed by atoms with Crippen molar-refractivity contribution in [2.75, 3.05) is 7.05 Å². The van der Waals surface area contributed by atoms with Crippen molar-refractivity contribution >= 4 is 0 Å². The summed E-state index contributed by atoms with van der Waals surface area (Å²) in [6, 6.07) is 0.670. The molecule has 0 aliphatic heterocycles. The molecule has 0 spiro atoms. The first-order chi connectivity index (χ1) is 7.79. The second-order valence-electron chi connectivity index (χ2n) is 6.93. The maximum Gasteiger partial charge on any atom is 0.00997 e. The molecule has 0 aliphatic carbocycles. The van der Waals surface area contributed by atoms with E-state index in [0.717, 1.165) is 29.6 Å². The van der Waals surface area contributed by atoms with Gasteiger partial charge in [0.15, 0.2) is 0 Å². The molecule has 0 bridgehead atoms. The molecule has 1 nitrogen and oxygen atoms in total. The third kappa shape index (κ3) is 6.45. The van der Waals surface area contributed by atoms with E-state index in [1.807, 2.05) is 0 Å². The Morgan fingerprint density at radius 1 is 0.765 bits per heavy atom. The Morgan fingerprint density at radius 2 is 1.24 bits per heavy atom. The molecular formula is C16H35N. The maximum atomic E-state index is 3.57. The maximum absolute atomic E-state index is 3.57. The molecule has 17 heavy (non-hydrogen) atoms. The Bertz CT molecular complexity index is 176. The molecule has 0 aliphatic rings. The molecular weight excluding hydrogens is 206 g/mol. The first-order valence-electron chi connectivity index (χ1n) is 7.46. The highest BCUT2D eigenvalue weighted by Crippen LogP contribution is 2.29. The molecule has 0 saturated carbocycles. The van der Waals surface area contributed by atoms with Crippen molar-refractivity contribution in [3.05, 3.63) is 0 Å². The molecule has 0 aromatic carbocycles. The van der Waals surface area contributed by atoms with Crippen molar-refractivity contribution in [1.29, 1.82) is 0 Å². The van der Waals surface area contributed by atoms with Crippen LogP contribution in [0.4, 0.5) is 0 Å². The number of hydrogen-bond acceptors (Lipinski definition) is 1. The third-order valence-corrected chi connectivity index (χ3v) is 3.91. The van der Waals surface area contributed by atoms with Gasteiger partial charge in [-0.3, -0.25) is 0 Å². The lowest BCUT2D eigenvalue weighted by Crippen LogP contribution is -2.40. The van der Waals surface area contributed by atoms with Gasteiger partial charge in [-0.25, -0.2) is 0 Å². The van der Waals surface area contributed by atoms with Crippen LogP contribution in [0.1, 0.15) is 61.3 Å². The summed E-state index contributed by atoms with van der Waals surface area (Å²) in [6.45, 7) is 16.5. The predicted molar refractivity (Wildman–Crippen MR) is 79.2 cm³/mol. The zero-order valence-corrected chi connectivity index (χ0v) is 13.4. The van der Waals surface area contributed by atoms with Gasteiger partial charge in [-0.1, -0.05) is 48.5 Å². The van der Waals surface area contributed by atoms with E-state index in [1.165, 1.54) is 12.8 Å². The van der Waals surface area contributed by atoms with E-state index in [2.05, 4.69) is 60.8 Å². The van der Waals surface area contributed by atoms with Crippen LogP contribution in [0.25, 0.3) is 0 Å². The Kier molecular flexibility index (Phi) is 8.11. The van der Waals surface area contributed by atoms with E-state index in [-0.39, 0.29) is 0 Å². The van der Waals surface area contributed by atoms with E-state index in [0.29, 0.717) is 6.04 Å². The quantitative estimate of drug-likeness (QED) is 0.656. The molecule has 0 amide bonds. The lowest BCUT2D eigenvalue weighted by atomic mass is 9.76. The van der Waals surface area contributed by atoms with Crippen LogP contribution in [-0.4, -0.2) is 13.1 Å². The lowest BCUT2D eigenvalue weighted by Gasteiger charge is -2.35. The van der Waals surface area contributed by atoms with Crippen molar-refractivity contribution in [2.24, 2.45) is 29.6 Å². The van der Waals surface area contributed by atoms with Crippen LogP contribution >= 0.6 is 0 Å². The zero-order valence-electron chi connectivity index (χ0n) is 13.4. The van der Waals surface area contributed by atoms with Gasteiger partial charge < -0.3 is 5.32 Å². The lowest BCUT2D eigenvalue weighted by molar-refractivity contribution is 0.187. The first kappa shape index (κ1) is 17.0. The van der Waals surface area contributed by atoms with Crippen molar-refractivity contribution in [1.82, 2.24) is 5.32 Å². The fraction of sp³-hybridized carbons (Fsp3) is 1.00. The largest absolute Gasteiger partial charge is 0.317 e. The Labute approximate surface area is 110 Å². The summed E-state index contributed by atoms with van der Waals surface area (Å²) in [6.07, 6.45) is 2.66. The summed E-state index contributed by atoms with van der Waals surface area (Å²) in [4.78, 5) is 0. The average molecular weight is 241 g/mol. The minimum Gasteiger partial charge on any atom is -0.317 e. The summed E-state index contributed by atoms with van der Waals surface area (Å²) in [5, 5.41) is 3.57. The summed E-state index contributed by atoms with van der Waals surface area (Å²) < 4.78 is 0. The van der Waals surface area contributed by atoms with Crippen molar-refractivity contribution in [3.63, 3.8) is 0 Å². The minimum atomic E-state index is 0.670. The SMILES string of the molecule is CNC(CC(C)CC(C)C)C(C(C)C)C(C)C. The minimum absolute atomic E-state index is 0.670. The van der Waals surface area contributed by atoms with Gasteiger partial charge in [0, 0.05) is 6.04 Å². The van der Waals surface area contributed by atoms with E-state index >= 15 is 0 Å². The van der Waals surface area contributed by atoms with E-state index in [9.17, 15) is 0 Å². The smallest absolute Gasteiger partial charge is 0.00997 e. The van der Waals surface area contributed by atoms with Crippen LogP contribution in [0.5, 0.6) is 0 Å². The normalized spacial score (nSPS) is 16.2. The van der Waals surface area contributed by atoms with Crippen molar-refractivity contribution in [2.45, 2.75) is 67.3 Å².